The second kappa shape index (κ2) is 5.74. The molecule has 3 nitrogen and oxygen atoms in total. The lowest BCUT2D eigenvalue weighted by molar-refractivity contribution is 0.100. The maximum atomic E-state index is 13.8. The normalized spacial score (nSPS) is 11.9. The van der Waals surface area contributed by atoms with Gasteiger partial charge < -0.3 is 11.1 Å². The molecule has 1 atom stereocenters. The standard InChI is InChI=1S/C16H17FN2O/c1-10-4-3-5-12(8-10)11(2)19-15-9-13(16(18)20)6-7-14(15)17/h3-9,11,19H,1-2H3,(H2,18,20). The third kappa shape index (κ3) is 3.15. The molecule has 2 rings (SSSR count). The number of primary amides is 1. The van der Waals surface area contributed by atoms with Gasteiger partial charge >= 0.3 is 0 Å². The number of carbonyl (C=O) groups excluding carboxylic acids is 1. The summed E-state index contributed by atoms with van der Waals surface area (Å²) in [4.78, 5) is 11.1. The van der Waals surface area contributed by atoms with Gasteiger partial charge in [-0.15, -0.1) is 0 Å². The average molecular weight is 272 g/mol. The Morgan fingerprint density at radius 3 is 2.65 bits per heavy atom. The van der Waals surface area contributed by atoms with E-state index in [1.807, 2.05) is 38.1 Å². The van der Waals surface area contributed by atoms with Gasteiger partial charge in [-0.3, -0.25) is 4.79 Å². The molecule has 20 heavy (non-hydrogen) atoms. The smallest absolute Gasteiger partial charge is 0.248 e. The summed E-state index contributed by atoms with van der Waals surface area (Å²) in [6.45, 7) is 3.94. The van der Waals surface area contributed by atoms with E-state index in [2.05, 4.69) is 5.32 Å². The summed E-state index contributed by atoms with van der Waals surface area (Å²) < 4.78 is 13.8. The molecule has 0 saturated heterocycles. The minimum absolute atomic E-state index is 0.0764. The Balaban J connectivity index is 2.25. The molecule has 1 unspecified atom stereocenters. The first kappa shape index (κ1) is 14.1. The van der Waals surface area contributed by atoms with Crippen LogP contribution >= 0.6 is 0 Å². The van der Waals surface area contributed by atoms with Crippen LogP contribution in [0.5, 0.6) is 0 Å². The molecule has 0 saturated carbocycles. The van der Waals surface area contributed by atoms with Crippen LogP contribution in [0.2, 0.25) is 0 Å². The van der Waals surface area contributed by atoms with E-state index >= 15 is 0 Å². The number of rotatable bonds is 4. The summed E-state index contributed by atoms with van der Waals surface area (Å²) in [6.07, 6.45) is 0. The van der Waals surface area contributed by atoms with E-state index in [9.17, 15) is 9.18 Å². The van der Waals surface area contributed by atoms with Crippen molar-refractivity contribution in [2.24, 2.45) is 5.73 Å². The summed E-state index contributed by atoms with van der Waals surface area (Å²) >= 11 is 0. The average Bonchev–Trinajstić information content (AvgIpc) is 2.41. The summed E-state index contributed by atoms with van der Waals surface area (Å²) in [6, 6.07) is 11.9. The number of amides is 1. The highest BCUT2D eigenvalue weighted by Crippen LogP contribution is 2.23. The second-order valence-corrected chi connectivity index (χ2v) is 4.84. The third-order valence-corrected chi connectivity index (χ3v) is 3.17. The molecular weight excluding hydrogens is 255 g/mol. The highest BCUT2D eigenvalue weighted by molar-refractivity contribution is 5.93. The van der Waals surface area contributed by atoms with Gasteiger partial charge in [-0.25, -0.2) is 4.39 Å². The number of aryl methyl sites for hydroxylation is 1. The molecule has 1 amide bonds. The Kier molecular flexibility index (Phi) is 4.03. The molecule has 0 aromatic heterocycles. The van der Waals surface area contributed by atoms with Crippen molar-refractivity contribution in [1.29, 1.82) is 0 Å². The lowest BCUT2D eigenvalue weighted by Gasteiger charge is -2.17. The van der Waals surface area contributed by atoms with Gasteiger partial charge in [0.1, 0.15) is 5.82 Å². The predicted molar refractivity (Wildman–Crippen MR) is 78.1 cm³/mol. The van der Waals surface area contributed by atoms with Gasteiger partial charge in [0.05, 0.1) is 5.69 Å². The van der Waals surface area contributed by atoms with Crippen LogP contribution in [0.3, 0.4) is 0 Å². The number of hydrogen-bond acceptors (Lipinski definition) is 2. The number of benzene rings is 2. The van der Waals surface area contributed by atoms with Crippen molar-refractivity contribution < 1.29 is 9.18 Å². The molecule has 3 N–H and O–H groups in total. The third-order valence-electron chi connectivity index (χ3n) is 3.17. The minimum atomic E-state index is -0.573. The Morgan fingerprint density at radius 1 is 1.25 bits per heavy atom. The second-order valence-electron chi connectivity index (χ2n) is 4.84. The topological polar surface area (TPSA) is 55.1 Å². The van der Waals surface area contributed by atoms with Crippen molar-refractivity contribution >= 4 is 11.6 Å². The van der Waals surface area contributed by atoms with Crippen LogP contribution in [0.15, 0.2) is 42.5 Å². The summed E-state index contributed by atoms with van der Waals surface area (Å²) in [5.41, 5.74) is 7.95. The molecule has 104 valence electrons. The van der Waals surface area contributed by atoms with Crippen LogP contribution in [-0.4, -0.2) is 5.91 Å². The number of anilines is 1. The van der Waals surface area contributed by atoms with Gasteiger partial charge in [-0.2, -0.15) is 0 Å². The van der Waals surface area contributed by atoms with Crippen molar-refractivity contribution in [3.05, 3.63) is 65.0 Å². The Hall–Kier alpha value is -2.36. The van der Waals surface area contributed by atoms with Crippen molar-refractivity contribution in [2.45, 2.75) is 19.9 Å². The zero-order valence-electron chi connectivity index (χ0n) is 11.5. The fourth-order valence-corrected chi connectivity index (χ4v) is 2.05. The molecular formula is C16H17FN2O. The zero-order chi connectivity index (χ0) is 14.7. The van der Waals surface area contributed by atoms with E-state index in [0.717, 1.165) is 11.1 Å². The maximum Gasteiger partial charge on any atom is 0.248 e. The van der Waals surface area contributed by atoms with E-state index < -0.39 is 11.7 Å². The molecule has 0 aliphatic carbocycles. The van der Waals surface area contributed by atoms with Crippen LogP contribution in [0.4, 0.5) is 10.1 Å². The highest BCUT2D eigenvalue weighted by Gasteiger charge is 2.11. The van der Waals surface area contributed by atoms with E-state index in [4.69, 9.17) is 5.73 Å². The molecule has 0 aliphatic rings. The quantitative estimate of drug-likeness (QED) is 0.896. The molecule has 4 heteroatoms. The number of nitrogens with two attached hydrogens (primary N) is 1. The zero-order valence-corrected chi connectivity index (χ0v) is 11.5. The van der Waals surface area contributed by atoms with Crippen LogP contribution in [0.25, 0.3) is 0 Å². The van der Waals surface area contributed by atoms with E-state index in [-0.39, 0.29) is 17.3 Å². The van der Waals surface area contributed by atoms with E-state index in [0.29, 0.717) is 0 Å². The largest absolute Gasteiger partial charge is 0.376 e. The first-order valence-corrected chi connectivity index (χ1v) is 6.40. The van der Waals surface area contributed by atoms with Gasteiger partial charge in [0.15, 0.2) is 0 Å². The van der Waals surface area contributed by atoms with Gasteiger partial charge in [-0.1, -0.05) is 29.8 Å². The van der Waals surface area contributed by atoms with Crippen molar-refractivity contribution in [3.63, 3.8) is 0 Å². The summed E-state index contributed by atoms with van der Waals surface area (Å²) in [7, 11) is 0. The number of halogens is 1. The SMILES string of the molecule is Cc1cccc(C(C)Nc2cc(C(N)=O)ccc2F)c1. The van der Waals surface area contributed by atoms with E-state index in [1.165, 1.54) is 18.2 Å². The van der Waals surface area contributed by atoms with Gasteiger partial charge in [0.2, 0.25) is 5.91 Å². The maximum absolute atomic E-state index is 13.8. The highest BCUT2D eigenvalue weighted by atomic mass is 19.1. The molecule has 0 fully saturated rings. The lowest BCUT2D eigenvalue weighted by Crippen LogP contribution is -2.13. The number of nitrogens with one attached hydrogen (secondary N) is 1. The van der Waals surface area contributed by atoms with Gasteiger partial charge in [0.25, 0.3) is 0 Å². The fourth-order valence-electron chi connectivity index (χ4n) is 2.05. The van der Waals surface area contributed by atoms with Crippen LogP contribution < -0.4 is 11.1 Å². The van der Waals surface area contributed by atoms with Crippen LogP contribution in [0, 0.1) is 12.7 Å². The monoisotopic (exact) mass is 272 g/mol. The lowest BCUT2D eigenvalue weighted by atomic mass is 10.1. The van der Waals surface area contributed by atoms with Crippen molar-refractivity contribution in [2.75, 3.05) is 5.32 Å². The van der Waals surface area contributed by atoms with Crippen LogP contribution in [-0.2, 0) is 0 Å². The molecule has 0 spiro atoms. The van der Waals surface area contributed by atoms with Crippen LogP contribution in [0.1, 0.15) is 34.5 Å². The minimum Gasteiger partial charge on any atom is -0.376 e. The molecule has 2 aromatic rings. The van der Waals surface area contributed by atoms with Gasteiger partial charge in [0, 0.05) is 11.6 Å². The molecule has 0 bridgehead atoms. The molecule has 0 heterocycles. The summed E-state index contributed by atoms with van der Waals surface area (Å²) in [5, 5.41) is 3.07. The number of hydrogen-bond donors (Lipinski definition) is 2. The molecule has 0 radical (unpaired) electrons. The fraction of sp³-hybridized carbons (Fsp3) is 0.188. The molecule has 2 aromatic carbocycles. The summed E-state index contributed by atoms with van der Waals surface area (Å²) in [5.74, 6) is -0.981. The predicted octanol–water partition coefficient (Wildman–Crippen LogP) is 3.41. The number of carbonyl (C=O) groups is 1. The first-order chi connectivity index (χ1) is 9.47. The Morgan fingerprint density at radius 2 is 2.00 bits per heavy atom. The van der Waals surface area contributed by atoms with Crippen molar-refractivity contribution in [1.82, 2.24) is 0 Å². The van der Waals surface area contributed by atoms with Crippen molar-refractivity contribution in [3.8, 4) is 0 Å². The first-order valence-electron chi connectivity index (χ1n) is 6.40. The Bertz CT molecular complexity index is 640. The van der Waals surface area contributed by atoms with E-state index in [1.54, 1.807) is 0 Å². The Labute approximate surface area is 117 Å². The molecule has 0 aliphatic heterocycles. The van der Waals surface area contributed by atoms with Gasteiger partial charge in [-0.05, 0) is 37.6 Å².